The predicted molar refractivity (Wildman–Crippen MR) is 74.9 cm³/mol. The number of aromatic nitrogens is 3. The molecule has 102 valence electrons. The molecule has 2 aliphatic rings. The van der Waals surface area contributed by atoms with E-state index >= 15 is 0 Å². The Morgan fingerprint density at radius 1 is 1.35 bits per heavy atom. The molecule has 1 aromatic carbocycles. The Hall–Kier alpha value is -1.68. The van der Waals surface area contributed by atoms with Crippen LogP contribution in [0.2, 0.25) is 0 Å². The number of ketones is 1. The third-order valence-corrected chi connectivity index (χ3v) is 4.22. The van der Waals surface area contributed by atoms with E-state index in [1.165, 1.54) is 0 Å². The van der Waals surface area contributed by atoms with Crippen LogP contribution in [0.3, 0.4) is 0 Å². The van der Waals surface area contributed by atoms with Gasteiger partial charge in [0.2, 0.25) is 11.6 Å². The van der Waals surface area contributed by atoms with Gasteiger partial charge in [0.1, 0.15) is 5.82 Å². The van der Waals surface area contributed by atoms with Crippen molar-refractivity contribution >= 4 is 17.4 Å². The monoisotopic (exact) mass is 288 g/mol. The summed E-state index contributed by atoms with van der Waals surface area (Å²) in [5.41, 5.74) is 1.03. The Labute approximate surface area is 123 Å². The summed E-state index contributed by atoms with van der Waals surface area (Å²) < 4.78 is 9.91. The molecular weight excluding hydrogens is 274 g/mol. The van der Waals surface area contributed by atoms with Gasteiger partial charge in [-0.25, -0.2) is 9.67 Å². The molecular formula is C15H14ClN3O. The van der Waals surface area contributed by atoms with Crippen LogP contribution in [-0.4, -0.2) is 20.5 Å². The lowest BCUT2D eigenvalue weighted by atomic mass is 10.1. The Kier molecular flexibility index (Phi) is 2.44. The number of halogens is 1. The molecule has 2 unspecified atom stereocenters. The number of carbonyl (C=O) groups excluding carboxylic acids is 1. The Morgan fingerprint density at radius 2 is 2.10 bits per heavy atom. The summed E-state index contributed by atoms with van der Waals surface area (Å²) in [6.07, 6.45) is 2.24. The first-order valence-corrected chi connectivity index (χ1v) is 7.19. The standard InChI is InChI=1S/C15H14ClN3O/c16-11-8-12(9-4-2-1-3-5-9)19-15(11)17-14(18-19)13(20)10-6-7-10/h1-5,10-12H,6-8H2/i11D. The molecule has 5 heteroatoms. The lowest BCUT2D eigenvalue weighted by Gasteiger charge is -2.11. The minimum absolute atomic E-state index is 0.0174. The first-order chi connectivity index (χ1) is 10.1. The van der Waals surface area contributed by atoms with E-state index in [1.807, 2.05) is 30.3 Å². The predicted octanol–water partition coefficient (Wildman–Crippen LogP) is 3.14. The summed E-state index contributed by atoms with van der Waals surface area (Å²) in [6, 6.07) is 9.66. The third kappa shape index (κ3) is 1.86. The van der Waals surface area contributed by atoms with Crippen LogP contribution < -0.4 is 0 Å². The smallest absolute Gasteiger partial charge is 0.217 e. The topological polar surface area (TPSA) is 47.8 Å². The average molecular weight is 289 g/mol. The minimum atomic E-state index is -1.32. The van der Waals surface area contributed by atoms with Crippen LogP contribution in [0.5, 0.6) is 0 Å². The second kappa shape index (κ2) is 4.42. The number of Topliss-reactive ketones (excluding diaryl/α,β-unsaturated/α-hetero) is 1. The fraction of sp³-hybridized carbons (Fsp3) is 0.400. The summed E-state index contributed by atoms with van der Waals surface area (Å²) in [7, 11) is 0. The number of fused-ring (bicyclic) bond motifs is 1. The normalized spacial score (nSPS) is 29.1. The summed E-state index contributed by atoms with van der Waals surface area (Å²) >= 11 is 6.29. The Bertz CT molecular complexity index is 709. The lowest BCUT2D eigenvalue weighted by Crippen LogP contribution is -2.10. The van der Waals surface area contributed by atoms with Gasteiger partial charge < -0.3 is 0 Å². The number of rotatable bonds is 3. The van der Waals surface area contributed by atoms with Gasteiger partial charge in [-0.1, -0.05) is 30.3 Å². The molecule has 1 fully saturated rings. The van der Waals surface area contributed by atoms with Crippen LogP contribution in [0.1, 0.15) is 54.0 Å². The van der Waals surface area contributed by atoms with Gasteiger partial charge in [-0.15, -0.1) is 16.7 Å². The summed E-state index contributed by atoms with van der Waals surface area (Å²) in [4.78, 5) is 16.4. The molecule has 0 spiro atoms. The van der Waals surface area contributed by atoms with Crippen molar-refractivity contribution in [2.24, 2.45) is 5.92 Å². The molecule has 0 radical (unpaired) electrons. The van der Waals surface area contributed by atoms with Crippen LogP contribution in [0.4, 0.5) is 0 Å². The highest BCUT2D eigenvalue weighted by molar-refractivity contribution is 6.20. The zero-order chi connectivity index (χ0) is 14.6. The van der Waals surface area contributed by atoms with Gasteiger partial charge in [-0.05, 0) is 24.8 Å². The zero-order valence-corrected chi connectivity index (χ0v) is 11.5. The second-order valence-electron chi connectivity index (χ2n) is 5.38. The van der Waals surface area contributed by atoms with Gasteiger partial charge in [0.25, 0.3) is 0 Å². The van der Waals surface area contributed by atoms with Gasteiger partial charge in [0.05, 0.1) is 12.8 Å². The van der Waals surface area contributed by atoms with Crippen LogP contribution in [0.15, 0.2) is 30.3 Å². The fourth-order valence-corrected chi connectivity index (χ4v) is 2.91. The van der Waals surface area contributed by atoms with Crippen LogP contribution in [-0.2, 0) is 0 Å². The molecule has 4 nitrogen and oxygen atoms in total. The van der Waals surface area contributed by atoms with E-state index in [9.17, 15) is 4.79 Å². The van der Waals surface area contributed by atoms with Crippen molar-refractivity contribution in [1.82, 2.24) is 14.8 Å². The lowest BCUT2D eigenvalue weighted by molar-refractivity contribution is 0.0957. The number of alkyl halides is 1. The maximum atomic E-state index is 12.1. The van der Waals surface area contributed by atoms with E-state index in [1.54, 1.807) is 4.68 Å². The van der Waals surface area contributed by atoms with Gasteiger partial charge >= 0.3 is 0 Å². The third-order valence-electron chi connectivity index (χ3n) is 3.89. The fourth-order valence-electron chi connectivity index (χ4n) is 2.64. The summed E-state index contributed by atoms with van der Waals surface area (Å²) in [5.74, 6) is 0.641. The van der Waals surface area contributed by atoms with Crippen molar-refractivity contribution in [3.05, 3.63) is 47.5 Å². The van der Waals surface area contributed by atoms with Gasteiger partial charge in [-0.3, -0.25) is 4.79 Å². The SMILES string of the molecule is [2H]C1(Cl)CC(c2ccccc2)n2nc(C(=O)C3CC3)nc21. The van der Waals surface area contributed by atoms with Crippen LogP contribution in [0.25, 0.3) is 0 Å². The second-order valence-corrected chi connectivity index (χ2v) is 5.83. The Balaban J connectivity index is 1.77. The van der Waals surface area contributed by atoms with Crippen LogP contribution in [0, 0.1) is 5.92 Å². The number of nitrogens with zero attached hydrogens (tertiary/aromatic N) is 3. The van der Waals surface area contributed by atoms with Crippen molar-refractivity contribution < 1.29 is 6.17 Å². The molecule has 0 N–H and O–H groups in total. The largest absolute Gasteiger partial charge is 0.290 e. The van der Waals surface area contributed by atoms with Crippen molar-refractivity contribution in [1.29, 1.82) is 0 Å². The molecule has 2 aromatic rings. The number of carbonyl (C=O) groups is 1. The van der Waals surface area contributed by atoms with Gasteiger partial charge in [-0.2, -0.15) is 0 Å². The van der Waals surface area contributed by atoms with Crippen molar-refractivity contribution in [3.63, 3.8) is 0 Å². The van der Waals surface area contributed by atoms with E-state index in [2.05, 4.69) is 10.1 Å². The summed E-state index contributed by atoms with van der Waals surface area (Å²) in [5, 5.41) is 3.03. The molecule has 1 aliphatic carbocycles. The van der Waals surface area contributed by atoms with E-state index in [4.69, 9.17) is 13.0 Å². The minimum Gasteiger partial charge on any atom is -0.290 e. The zero-order valence-electron chi connectivity index (χ0n) is 11.8. The molecule has 2 heterocycles. The quantitative estimate of drug-likeness (QED) is 0.644. The molecule has 0 saturated heterocycles. The van der Waals surface area contributed by atoms with Gasteiger partial charge in [0.15, 0.2) is 0 Å². The number of hydrogen-bond donors (Lipinski definition) is 0. The van der Waals surface area contributed by atoms with E-state index < -0.39 is 5.35 Å². The van der Waals surface area contributed by atoms with E-state index in [0.717, 1.165) is 18.4 Å². The molecule has 1 saturated carbocycles. The van der Waals surface area contributed by atoms with Gasteiger partial charge in [0, 0.05) is 5.92 Å². The number of hydrogen-bond acceptors (Lipinski definition) is 3. The average Bonchev–Trinajstić information content (AvgIpc) is 3.17. The van der Waals surface area contributed by atoms with Crippen molar-refractivity contribution in [2.45, 2.75) is 30.7 Å². The molecule has 20 heavy (non-hydrogen) atoms. The molecule has 0 bridgehead atoms. The Morgan fingerprint density at radius 3 is 2.80 bits per heavy atom. The van der Waals surface area contributed by atoms with E-state index in [-0.39, 0.29) is 23.6 Å². The first kappa shape index (κ1) is 11.0. The first-order valence-electron chi connectivity index (χ1n) is 7.31. The highest BCUT2D eigenvalue weighted by atomic mass is 35.5. The molecule has 2 atom stereocenters. The van der Waals surface area contributed by atoms with E-state index in [0.29, 0.717) is 12.2 Å². The maximum absolute atomic E-state index is 12.1. The highest BCUT2D eigenvalue weighted by Crippen LogP contribution is 2.41. The highest BCUT2D eigenvalue weighted by Gasteiger charge is 2.38. The number of benzene rings is 1. The molecule has 4 rings (SSSR count). The van der Waals surface area contributed by atoms with Crippen LogP contribution >= 0.6 is 11.6 Å². The van der Waals surface area contributed by atoms with Crippen molar-refractivity contribution in [3.8, 4) is 0 Å². The summed E-state index contributed by atoms with van der Waals surface area (Å²) in [6.45, 7) is 0. The molecule has 1 aliphatic heterocycles. The van der Waals surface area contributed by atoms with Crippen molar-refractivity contribution in [2.75, 3.05) is 0 Å². The molecule has 1 aromatic heterocycles. The maximum Gasteiger partial charge on any atom is 0.217 e. The molecule has 0 amide bonds.